The number of nitrogens with one attached hydrogen (secondary N) is 2. The van der Waals surface area contributed by atoms with Crippen molar-refractivity contribution in [3.63, 3.8) is 0 Å². The lowest BCUT2D eigenvalue weighted by Gasteiger charge is -2.41. The summed E-state index contributed by atoms with van der Waals surface area (Å²) in [5.74, 6) is -0.531. The summed E-state index contributed by atoms with van der Waals surface area (Å²) in [7, 11) is 1.72. The van der Waals surface area contributed by atoms with E-state index >= 15 is 0 Å². The summed E-state index contributed by atoms with van der Waals surface area (Å²) in [4.78, 5) is 24.3. The molecule has 1 aromatic rings. The van der Waals surface area contributed by atoms with Gasteiger partial charge in [-0.05, 0) is 50.2 Å². The number of carbonyl (C=O) groups is 2. The first-order chi connectivity index (χ1) is 12.1. The molecule has 2 amide bonds. The van der Waals surface area contributed by atoms with Gasteiger partial charge in [0.05, 0.1) is 11.7 Å². The van der Waals surface area contributed by atoms with Gasteiger partial charge in [-0.25, -0.2) is 4.39 Å². The number of hydrogen-bond acceptors (Lipinski definition) is 3. The van der Waals surface area contributed by atoms with Crippen molar-refractivity contribution in [3.05, 3.63) is 35.6 Å². The molecule has 1 aliphatic heterocycles. The molecule has 2 aliphatic rings. The second-order valence-electron chi connectivity index (χ2n) is 7.00. The number of amides is 2. The molecule has 0 bridgehead atoms. The molecule has 6 heteroatoms. The van der Waals surface area contributed by atoms with Crippen LogP contribution in [0.4, 0.5) is 4.39 Å². The average molecular weight is 348 g/mol. The third-order valence-corrected chi connectivity index (χ3v) is 5.46. The molecule has 2 fully saturated rings. The van der Waals surface area contributed by atoms with Crippen LogP contribution < -0.4 is 10.6 Å². The van der Waals surface area contributed by atoms with Gasteiger partial charge < -0.3 is 15.4 Å². The topological polar surface area (TPSA) is 67.4 Å². The van der Waals surface area contributed by atoms with Crippen LogP contribution in [0.15, 0.2) is 24.3 Å². The number of methoxy groups -OCH3 is 1. The lowest BCUT2D eigenvalue weighted by Crippen LogP contribution is -2.53. The molecule has 4 atom stereocenters. The summed E-state index contributed by atoms with van der Waals surface area (Å²) in [5.41, 5.74) is 0.0357. The van der Waals surface area contributed by atoms with Crippen LogP contribution >= 0.6 is 0 Å². The Morgan fingerprint density at radius 2 is 2.12 bits per heavy atom. The van der Waals surface area contributed by atoms with Crippen LogP contribution in [-0.2, 0) is 9.53 Å². The molecule has 4 unspecified atom stereocenters. The molecule has 2 N–H and O–H groups in total. The standard InChI is InChI=1S/C19H25FN2O3/c1-25-14-7-6-12-10-13(18(23)22-17(12)11-14)8-9-21-19(24)15-4-2-3-5-16(15)20/h2-5,12-14,17H,6-11H2,1H3,(H,21,24)(H,22,23). The van der Waals surface area contributed by atoms with E-state index in [-0.39, 0.29) is 29.5 Å². The Hall–Kier alpha value is -1.95. The molecule has 1 aromatic carbocycles. The van der Waals surface area contributed by atoms with E-state index < -0.39 is 11.7 Å². The number of benzene rings is 1. The summed E-state index contributed by atoms with van der Waals surface area (Å²) in [6.45, 7) is 0.364. The number of halogens is 1. The predicted octanol–water partition coefficient (Wildman–Crippen LogP) is 2.27. The van der Waals surface area contributed by atoms with Gasteiger partial charge in [-0.3, -0.25) is 9.59 Å². The van der Waals surface area contributed by atoms with Crippen LogP contribution in [0.1, 0.15) is 42.5 Å². The van der Waals surface area contributed by atoms with Gasteiger partial charge in [-0.1, -0.05) is 12.1 Å². The lowest BCUT2D eigenvalue weighted by molar-refractivity contribution is -0.131. The highest BCUT2D eigenvalue weighted by Crippen LogP contribution is 2.35. The molecule has 0 radical (unpaired) electrons. The van der Waals surface area contributed by atoms with E-state index in [4.69, 9.17) is 4.74 Å². The molecule has 1 heterocycles. The fraction of sp³-hybridized carbons (Fsp3) is 0.579. The van der Waals surface area contributed by atoms with E-state index in [0.29, 0.717) is 18.9 Å². The number of carbonyl (C=O) groups excluding carboxylic acids is 2. The zero-order chi connectivity index (χ0) is 17.8. The van der Waals surface area contributed by atoms with Crippen LogP contribution in [0, 0.1) is 17.7 Å². The summed E-state index contributed by atoms with van der Waals surface area (Å²) < 4.78 is 19.0. The van der Waals surface area contributed by atoms with Gasteiger partial charge in [0.25, 0.3) is 5.91 Å². The van der Waals surface area contributed by atoms with E-state index in [9.17, 15) is 14.0 Å². The van der Waals surface area contributed by atoms with Crippen LogP contribution in [0.25, 0.3) is 0 Å². The average Bonchev–Trinajstić information content (AvgIpc) is 2.62. The van der Waals surface area contributed by atoms with Crippen molar-refractivity contribution in [2.45, 2.75) is 44.2 Å². The number of ether oxygens (including phenoxy) is 1. The fourth-order valence-corrected chi connectivity index (χ4v) is 3.99. The summed E-state index contributed by atoms with van der Waals surface area (Å²) in [6.07, 6.45) is 4.62. The molecule has 0 aromatic heterocycles. The maximum Gasteiger partial charge on any atom is 0.254 e. The molecule has 5 nitrogen and oxygen atoms in total. The quantitative estimate of drug-likeness (QED) is 0.858. The zero-order valence-electron chi connectivity index (χ0n) is 14.5. The van der Waals surface area contributed by atoms with Crippen molar-refractivity contribution in [3.8, 4) is 0 Å². The van der Waals surface area contributed by atoms with Crippen molar-refractivity contribution in [2.24, 2.45) is 11.8 Å². The highest BCUT2D eigenvalue weighted by molar-refractivity contribution is 5.94. The molecule has 1 aliphatic carbocycles. The van der Waals surface area contributed by atoms with Gasteiger partial charge in [0, 0.05) is 25.6 Å². The minimum atomic E-state index is -0.534. The van der Waals surface area contributed by atoms with Crippen LogP contribution in [-0.4, -0.2) is 37.6 Å². The summed E-state index contributed by atoms with van der Waals surface area (Å²) >= 11 is 0. The SMILES string of the molecule is COC1CCC2CC(CCNC(=O)c3ccccc3F)C(=O)NC2C1. The summed E-state index contributed by atoms with van der Waals surface area (Å²) in [5, 5.41) is 5.84. The number of piperidine rings is 1. The molecular weight excluding hydrogens is 323 g/mol. The second kappa shape index (κ2) is 7.95. The molecule has 1 saturated heterocycles. The van der Waals surface area contributed by atoms with Gasteiger partial charge in [0.1, 0.15) is 5.82 Å². The smallest absolute Gasteiger partial charge is 0.254 e. The van der Waals surface area contributed by atoms with Crippen molar-refractivity contribution in [1.29, 1.82) is 0 Å². The minimum Gasteiger partial charge on any atom is -0.381 e. The van der Waals surface area contributed by atoms with E-state index in [1.54, 1.807) is 19.2 Å². The highest BCUT2D eigenvalue weighted by atomic mass is 19.1. The maximum atomic E-state index is 13.6. The van der Waals surface area contributed by atoms with Crippen LogP contribution in [0.3, 0.4) is 0 Å². The van der Waals surface area contributed by atoms with Gasteiger partial charge in [-0.15, -0.1) is 0 Å². The third-order valence-electron chi connectivity index (χ3n) is 5.46. The number of rotatable bonds is 5. The first-order valence-corrected chi connectivity index (χ1v) is 8.94. The van der Waals surface area contributed by atoms with Gasteiger partial charge >= 0.3 is 0 Å². The van der Waals surface area contributed by atoms with Gasteiger partial charge in [0.2, 0.25) is 5.91 Å². The number of hydrogen-bond donors (Lipinski definition) is 2. The van der Waals surface area contributed by atoms with Crippen molar-refractivity contribution >= 4 is 11.8 Å². The van der Waals surface area contributed by atoms with Crippen molar-refractivity contribution in [1.82, 2.24) is 10.6 Å². The van der Waals surface area contributed by atoms with Crippen molar-refractivity contribution in [2.75, 3.05) is 13.7 Å². The van der Waals surface area contributed by atoms with Gasteiger partial charge in [0.15, 0.2) is 0 Å². The minimum absolute atomic E-state index is 0.0357. The molecule has 0 spiro atoms. The molecule has 3 rings (SSSR count). The van der Waals surface area contributed by atoms with E-state index in [2.05, 4.69) is 10.6 Å². The zero-order valence-corrected chi connectivity index (χ0v) is 14.5. The monoisotopic (exact) mass is 348 g/mol. The van der Waals surface area contributed by atoms with Crippen molar-refractivity contribution < 1.29 is 18.7 Å². The van der Waals surface area contributed by atoms with Gasteiger partial charge in [-0.2, -0.15) is 0 Å². The fourth-order valence-electron chi connectivity index (χ4n) is 3.99. The Bertz CT molecular complexity index is 637. The lowest BCUT2D eigenvalue weighted by atomic mass is 9.74. The molecule has 1 saturated carbocycles. The highest BCUT2D eigenvalue weighted by Gasteiger charge is 2.39. The molecule has 25 heavy (non-hydrogen) atoms. The van der Waals surface area contributed by atoms with Crippen LogP contribution in [0.2, 0.25) is 0 Å². The predicted molar refractivity (Wildman–Crippen MR) is 91.5 cm³/mol. The molecule has 136 valence electrons. The van der Waals surface area contributed by atoms with E-state index in [1.807, 2.05) is 0 Å². The number of fused-ring (bicyclic) bond motifs is 1. The Morgan fingerprint density at radius 3 is 2.88 bits per heavy atom. The van der Waals surface area contributed by atoms with Crippen LogP contribution in [0.5, 0.6) is 0 Å². The Kier molecular flexibility index (Phi) is 5.68. The second-order valence-corrected chi connectivity index (χ2v) is 7.00. The third kappa shape index (κ3) is 4.18. The largest absolute Gasteiger partial charge is 0.381 e. The maximum absolute atomic E-state index is 13.6. The first-order valence-electron chi connectivity index (χ1n) is 8.94. The van der Waals surface area contributed by atoms with E-state index in [1.165, 1.54) is 12.1 Å². The molecular formula is C19H25FN2O3. The van der Waals surface area contributed by atoms with E-state index in [0.717, 1.165) is 25.7 Å². The Balaban J connectivity index is 1.48. The Labute approximate surface area is 147 Å². The first kappa shape index (κ1) is 17.9. The summed E-state index contributed by atoms with van der Waals surface area (Å²) in [6, 6.07) is 6.10. The normalized spacial score (nSPS) is 28.8. The Morgan fingerprint density at radius 1 is 1.32 bits per heavy atom.